The van der Waals surface area contributed by atoms with E-state index >= 15 is 0 Å². The van der Waals surface area contributed by atoms with E-state index in [1.165, 1.54) is 0 Å². The summed E-state index contributed by atoms with van der Waals surface area (Å²) in [6.45, 7) is 0.695. The van der Waals surface area contributed by atoms with Gasteiger partial charge in [-0.1, -0.05) is 42.6 Å². The second-order valence-corrected chi connectivity index (χ2v) is 6.98. The van der Waals surface area contributed by atoms with Crippen LogP contribution in [0.2, 0.25) is 5.02 Å². The number of anilines is 1. The van der Waals surface area contributed by atoms with Crippen LogP contribution < -0.4 is 14.8 Å². The number of benzene rings is 2. The molecule has 1 N–H and O–H groups in total. The molecule has 3 rings (SSSR count). The molecule has 5 nitrogen and oxygen atoms in total. The van der Waals surface area contributed by atoms with Gasteiger partial charge in [0.05, 0.1) is 25.9 Å². The van der Waals surface area contributed by atoms with Crippen LogP contribution in [0.4, 0.5) is 10.5 Å². The fraction of sp³-hybridized carbons (Fsp3) is 0.381. The second-order valence-electron chi connectivity index (χ2n) is 6.58. The van der Waals surface area contributed by atoms with Crippen molar-refractivity contribution in [3.8, 4) is 11.5 Å². The van der Waals surface area contributed by atoms with E-state index in [1.54, 1.807) is 32.4 Å². The van der Waals surface area contributed by atoms with E-state index in [0.717, 1.165) is 31.2 Å². The van der Waals surface area contributed by atoms with Gasteiger partial charge in [-0.2, -0.15) is 0 Å². The molecule has 2 amide bonds. The van der Waals surface area contributed by atoms with Gasteiger partial charge < -0.3 is 19.7 Å². The normalized spacial score (nSPS) is 17.1. The van der Waals surface area contributed by atoms with Crippen molar-refractivity contribution in [1.82, 2.24) is 4.90 Å². The molecule has 1 atom stereocenters. The summed E-state index contributed by atoms with van der Waals surface area (Å²) in [5, 5.41) is 3.69. The van der Waals surface area contributed by atoms with Gasteiger partial charge in [0.15, 0.2) is 0 Å². The zero-order chi connectivity index (χ0) is 19.2. The number of methoxy groups -OCH3 is 2. The number of hydrogen-bond acceptors (Lipinski definition) is 3. The van der Waals surface area contributed by atoms with E-state index in [2.05, 4.69) is 5.32 Å². The summed E-state index contributed by atoms with van der Waals surface area (Å²) < 4.78 is 10.6. The Balaban J connectivity index is 1.86. The highest BCUT2D eigenvalue weighted by atomic mass is 35.5. The Labute approximate surface area is 165 Å². The predicted molar refractivity (Wildman–Crippen MR) is 108 cm³/mol. The van der Waals surface area contributed by atoms with Gasteiger partial charge in [0.1, 0.15) is 11.5 Å². The molecule has 1 aliphatic rings. The first-order chi connectivity index (χ1) is 13.1. The van der Waals surface area contributed by atoms with Crippen LogP contribution in [0.25, 0.3) is 0 Å². The Morgan fingerprint density at radius 3 is 2.67 bits per heavy atom. The smallest absolute Gasteiger partial charge is 0.322 e. The number of nitrogens with one attached hydrogen (secondary N) is 1. The molecule has 1 saturated heterocycles. The van der Waals surface area contributed by atoms with Crippen LogP contribution in [0.3, 0.4) is 0 Å². The van der Waals surface area contributed by atoms with E-state index in [0.29, 0.717) is 28.8 Å². The summed E-state index contributed by atoms with van der Waals surface area (Å²) in [6.07, 6.45) is 4.06. The van der Waals surface area contributed by atoms with Crippen molar-refractivity contribution in [2.75, 3.05) is 26.1 Å². The third-order valence-corrected chi connectivity index (χ3v) is 5.27. The average Bonchev–Trinajstić information content (AvgIpc) is 2.94. The van der Waals surface area contributed by atoms with Gasteiger partial charge in [0, 0.05) is 17.6 Å². The van der Waals surface area contributed by atoms with Gasteiger partial charge in [-0.05, 0) is 36.6 Å². The lowest BCUT2D eigenvalue weighted by Gasteiger charge is -2.31. The van der Waals surface area contributed by atoms with Crippen LogP contribution in [-0.4, -0.2) is 31.7 Å². The van der Waals surface area contributed by atoms with E-state index < -0.39 is 0 Å². The van der Waals surface area contributed by atoms with Crippen LogP contribution in [0.5, 0.6) is 11.5 Å². The van der Waals surface area contributed by atoms with Crippen LogP contribution in [0.15, 0.2) is 42.5 Å². The second kappa shape index (κ2) is 9.00. The van der Waals surface area contributed by atoms with Gasteiger partial charge >= 0.3 is 6.03 Å². The molecule has 0 saturated carbocycles. The van der Waals surface area contributed by atoms with E-state index in [9.17, 15) is 4.79 Å². The molecule has 2 aromatic carbocycles. The summed E-state index contributed by atoms with van der Waals surface area (Å²) in [6, 6.07) is 12.9. The predicted octanol–water partition coefficient (Wildman–Crippen LogP) is 5.51. The number of likely N-dealkylation sites (tertiary alicyclic amines) is 1. The Morgan fingerprint density at radius 2 is 1.93 bits per heavy atom. The largest absolute Gasteiger partial charge is 0.497 e. The van der Waals surface area contributed by atoms with Gasteiger partial charge in [-0.3, -0.25) is 0 Å². The van der Waals surface area contributed by atoms with Gasteiger partial charge in [-0.25, -0.2) is 4.79 Å². The number of amides is 2. The lowest BCUT2D eigenvalue weighted by atomic mass is 10.0. The van der Waals surface area contributed by atoms with E-state index in [4.69, 9.17) is 21.1 Å². The molecule has 1 aliphatic heterocycles. The number of carbonyl (C=O) groups is 1. The number of carbonyl (C=O) groups excluding carboxylic acids is 1. The number of halogens is 1. The van der Waals surface area contributed by atoms with Gasteiger partial charge in [0.25, 0.3) is 0 Å². The fourth-order valence-electron chi connectivity index (χ4n) is 3.51. The van der Waals surface area contributed by atoms with Crippen molar-refractivity contribution in [3.05, 3.63) is 53.1 Å². The quantitative estimate of drug-likeness (QED) is 0.751. The number of rotatable bonds is 4. The third kappa shape index (κ3) is 4.48. The summed E-state index contributed by atoms with van der Waals surface area (Å²) in [7, 11) is 3.17. The molecule has 0 radical (unpaired) electrons. The first-order valence-corrected chi connectivity index (χ1v) is 9.56. The molecule has 0 unspecified atom stereocenters. The highest BCUT2D eigenvalue weighted by Crippen LogP contribution is 2.35. The topological polar surface area (TPSA) is 50.8 Å². The van der Waals surface area contributed by atoms with Crippen molar-refractivity contribution in [2.24, 2.45) is 0 Å². The summed E-state index contributed by atoms with van der Waals surface area (Å²) in [4.78, 5) is 15.0. The highest BCUT2D eigenvalue weighted by Gasteiger charge is 2.28. The number of hydrogen-bond donors (Lipinski definition) is 1. The molecule has 6 heteroatoms. The molecule has 0 spiro atoms. The summed E-state index contributed by atoms with van der Waals surface area (Å²) in [5.41, 5.74) is 1.61. The first kappa shape index (κ1) is 19.4. The van der Waals surface area contributed by atoms with Crippen molar-refractivity contribution in [1.29, 1.82) is 0 Å². The van der Waals surface area contributed by atoms with Gasteiger partial charge in [-0.15, -0.1) is 0 Å². The van der Waals surface area contributed by atoms with Crippen molar-refractivity contribution < 1.29 is 14.3 Å². The standard InChI is InChI=1S/C21H25ClN2O3/c1-26-15-11-12-18(20(14-15)27-2)23-21(25)24-13-7-3-4-10-19(24)16-8-5-6-9-17(16)22/h5-6,8-9,11-12,14,19H,3-4,7,10,13H2,1-2H3,(H,23,25)/t19-/m0/s1. The SMILES string of the molecule is COc1ccc(NC(=O)N2CCCCC[C@H]2c2ccccc2Cl)c(OC)c1. The van der Waals surface area contributed by atoms with E-state index in [-0.39, 0.29) is 12.1 Å². The van der Waals surface area contributed by atoms with Crippen LogP contribution in [0, 0.1) is 0 Å². The molecule has 0 aromatic heterocycles. The maximum absolute atomic E-state index is 13.1. The molecule has 0 bridgehead atoms. The Morgan fingerprint density at radius 1 is 1.11 bits per heavy atom. The highest BCUT2D eigenvalue weighted by molar-refractivity contribution is 6.31. The minimum Gasteiger partial charge on any atom is -0.497 e. The third-order valence-electron chi connectivity index (χ3n) is 4.93. The number of ether oxygens (including phenoxy) is 2. The Hall–Kier alpha value is -2.40. The fourth-order valence-corrected chi connectivity index (χ4v) is 3.77. The minimum atomic E-state index is -0.148. The maximum Gasteiger partial charge on any atom is 0.322 e. The molecular formula is C21H25ClN2O3. The van der Waals surface area contributed by atoms with Crippen LogP contribution in [0.1, 0.15) is 37.3 Å². The molecule has 27 heavy (non-hydrogen) atoms. The number of urea groups is 1. The van der Waals surface area contributed by atoms with Crippen LogP contribution in [-0.2, 0) is 0 Å². The minimum absolute atomic E-state index is 0.0366. The monoisotopic (exact) mass is 388 g/mol. The van der Waals surface area contributed by atoms with Crippen molar-refractivity contribution in [3.63, 3.8) is 0 Å². The molecule has 1 heterocycles. The molecule has 1 fully saturated rings. The number of nitrogens with zero attached hydrogens (tertiary/aromatic N) is 1. The maximum atomic E-state index is 13.1. The average molecular weight is 389 g/mol. The zero-order valence-corrected chi connectivity index (χ0v) is 16.5. The summed E-state index contributed by atoms with van der Waals surface area (Å²) in [5.74, 6) is 1.24. The molecule has 0 aliphatic carbocycles. The molecule has 2 aromatic rings. The van der Waals surface area contributed by atoms with Gasteiger partial charge in [0.2, 0.25) is 0 Å². The Kier molecular flexibility index (Phi) is 6.45. The Bertz CT molecular complexity index is 797. The lowest BCUT2D eigenvalue weighted by Crippen LogP contribution is -2.38. The molecule has 144 valence electrons. The van der Waals surface area contributed by atoms with E-state index in [1.807, 2.05) is 29.2 Å². The van der Waals surface area contributed by atoms with Crippen molar-refractivity contribution >= 4 is 23.3 Å². The lowest BCUT2D eigenvalue weighted by molar-refractivity contribution is 0.189. The van der Waals surface area contributed by atoms with Crippen molar-refractivity contribution in [2.45, 2.75) is 31.7 Å². The van der Waals surface area contributed by atoms with Crippen LogP contribution >= 0.6 is 11.6 Å². The molecular weight excluding hydrogens is 364 g/mol. The zero-order valence-electron chi connectivity index (χ0n) is 15.7. The summed E-state index contributed by atoms with van der Waals surface area (Å²) >= 11 is 6.43. The first-order valence-electron chi connectivity index (χ1n) is 9.18.